The maximum Gasteiger partial charge on any atom is 0.220 e. The van der Waals surface area contributed by atoms with E-state index < -0.39 is 10.0 Å². The summed E-state index contributed by atoms with van der Waals surface area (Å²) in [6, 6.07) is 5.92. The van der Waals surface area contributed by atoms with Crippen molar-refractivity contribution >= 4 is 15.9 Å². The van der Waals surface area contributed by atoms with E-state index in [4.69, 9.17) is 4.74 Å². The van der Waals surface area contributed by atoms with Crippen LogP contribution in [0.25, 0.3) is 0 Å². The van der Waals surface area contributed by atoms with Crippen LogP contribution in [0.2, 0.25) is 0 Å². The SMILES string of the molecule is CCC(C)NC(=O)CCc1ccc2c(c1)CN(S(C)(=O)=O)CCO2. The molecule has 1 aromatic rings. The smallest absolute Gasteiger partial charge is 0.220 e. The Bertz CT molecular complexity index is 688. The summed E-state index contributed by atoms with van der Waals surface area (Å²) in [6.07, 6.45) is 3.15. The highest BCUT2D eigenvalue weighted by Crippen LogP contribution is 2.25. The Balaban J connectivity index is 2.05. The summed E-state index contributed by atoms with van der Waals surface area (Å²) in [5, 5.41) is 2.95. The Morgan fingerprint density at radius 2 is 2.17 bits per heavy atom. The monoisotopic (exact) mass is 354 g/mol. The summed E-state index contributed by atoms with van der Waals surface area (Å²) in [5.74, 6) is 0.752. The van der Waals surface area contributed by atoms with Crippen molar-refractivity contribution in [1.82, 2.24) is 9.62 Å². The first-order valence-corrected chi connectivity index (χ1v) is 10.1. The number of hydrogen-bond acceptors (Lipinski definition) is 4. The summed E-state index contributed by atoms with van der Waals surface area (Å²) in [6.45, 7) is 5.01. The molecule has 1 aliphatic rings. The molecule has 0 bridgehead atoms. The summed E-state index contributed by atoms with van der Waals surface area (Å²) in [4.78, 5) is 11.9. The van der Waals surface area contributed by atoms with E-state index >= 15 is 0 Å². The molecule has 1 aromatic carbocycles. The van der Waals surface area contributed by atoms with Gasteiger partial charge in [0.05, 0.1) is 6.26 Å². The van der Waals surface area contributed by atoms with Crippen LogP contribution in [-0.2, 0) is 27.8 Å². The molecular weight excluding hydrogens is 328 g/mol. The van der Waals surface area contributed by atoms with Crippen LogP contribution in [0.15, 0.2) is 18.2 Å². The van der Waals surface area contributed by atoms with Gasteiger partial charge in [0.2, 0.25) is 15.9 Å². The number of carbonyl (C=O) groups excluding carboxylic acids is 1. The van der Waals surface area contributed by atoms with Crippen LogP contribution in [0, 0.1) is 0 Å². The van der Waals surface area contributed by atoms with Gasteiger partial charge in [0, 0.05) is 31.1 Å². The van der Waals surface area contributed by atoms with Gasteiger partial charge in [0.1, 0.15) is 12.4 Å². The molecule has 1 N–H and O–H groups in total. The van der Waals surface area contributed by atoms with Crippen LogP contribution in [-0.4, -0.2) is 44.1 Å². The third kappa shape index (κ3) is 5.21. The minimum Gasteiger partial charge on any atom is -0.492 e. The van der Waals surface area contributed by atoms with Crippen molar-refractivity contribution in [1.29, 1.82) is 0 Å². The number of fused-ring (bicyclic) bond motifs is 1. The standard InChI is InChI=1S/C17H26N2O4S/c1-4-13(2)18-17(20)8-6-14-5-7-16-15(11-14)12-19(9-10-23-16)24(3,21)22/h5,7,11,13H,4,6,8-10,12H2,1-3H3,(H,18,20). The zero-order valence-corrected chi connectivity index (χ0v) is 15.4. The first-order valence-electron chi connectivity index (χ1n) is 8.28. The second kappa shape index (κ2) is 7.98. The molecule has 0 saturated carbocycles. The van der Waals surface area contributed by atoms with Gasteiger partial charge in [0.25, 0.3) is 0 Å². The van der Waals surface area contributed by atoms with E-state index in [-0.39, 0.29) is 11.9 Å². The molecule has 134 valence electrons. The van der Waals surface area contributed by atoms with Crippen molar-refractivity contribution in [3.8, 4) is 5.75 Å². The van der Waals surface area contributed by atoms with Gasteiger partial charge in [-0.3, -0.25) is 4.79 Å². The average molecular weight is 354 g/mol. The Labute approximate surface area is 144 Å². The molecule has 1 amide bonds. The molecule has 2 rings (SSSR count). The zero-order valence-electron chi connectivity index (χ0n) is 14.5. The highest BCUT2D eigenvalue weighted by atomic mass is 32.2. The number of nitrogens with zero attached hydrogens (tertiary/aromatic N) is 1. The van der Waals surface area contributed by atoms with E-state index in [0.717, 1.165) is 17.5 Å². The predicted molar refractivity (Wildman–Crippen MR) is 93.4 cm³/mol. The summed E-state index contributed by atoms with van der Waals surface area (Å²) < 4.78 is 30.6. The number of nitrogens with one attached hydrogen (secondary N) is 1. The number of sulfonamides is 1. The Kier molecular flexibility index (Phi) is 6.23. The number of ether oxygens (including phenoxy) is 1. The number of amides is 1. The largest absolute Gasteiger partial charge is 0.492 e. The van der Waals surface area contributed by atoms with Crippen molar-refractivity contribution in [3.63, 3.8) is 0 Å². The van der Waals surface area contributed by atoms with Gasteiger partial charge in [-0.05, 0) is 31.4 Å². The van der Waals surface area contributed by atoms with Crippen molar-refractivity contribution in [2.45, 2.75) is 45.7 Å². The van der Waals surface area contributed by atoms with Gasteiger partial charge in [-0.2, -0.15) is 4.31 Å². The van der Waals surface area contributed by atoms with E-state index in [0.29, 0.717) is 38.3 Å². The van der Waals surface area contributed by atoms with Gasteiger partial charge in [-0.25, -0.2) is 8.42 Å². The third-order valence-electron chi connectivity index (χ3n) is 4.20. The summed E-state index contributed by atoms with van der Waals surface area (Å²) >= 11 is 0. The zero-order chi connectivity index (χ0) is 17.7. The molecular formula is C17H26N2O4S. The van der Waals surface area contributed by atoms with Gasteiger partial charge >= 0.3 is 0 Å². The summed E-state index contributed by atoms with van der Waals surface area (Å²) in [7, 11) is -3.26. The van der Waals surface area contributed by atoms with Crippen molar-refractivity contribution in [2.75, 3.05) is 19.4 Å². The first kappa shape index (κ1) is 18.7. The lowest BCUT2D eigenvalue weighted by Crippen LogP contribution is -2.32. The molecule has 0 radical (unpaired) electrons. The average Bonchev–Trinajstić information content (AvgIpc) is 2.74. The number of carbonyl (C=O) groups is 1. The molecule has 1 atom stereocenters. The lowest BCUT2D eigenvalue weighted by molar-refractivity contribution is -0.121. The van der Waals surface area contributed by atoms with Crippen molar-refractivity contribution in [3.05, 3.63) is 29.3 Å². The van der Waals surface area contributed by atoms with Crippen LogP contribution in [0.3, 0.4) is 0 Å². The minimum absolute atomic E-state index is 0.0355. The van der Waals surface area contributed by atoms with Gasteiger partial charge in [-0.15, -0.1) is 0 Å². The normalized spacial score (nSPS) is 16.6. The molecule has 0 spiro atoms. The lowest BCUT2D eigenvalue weighted by atomic mass is 10.0. The molecule has 1 aliphatic heterocycles. The van der Waals surface area contributed by atoms with Gasteiger partial charge < -0.3 is 10.1 Å². The van der Waals surface area contributed by atoms with Crippen LogP contribution < -0.4 is 10.1 Å². The van der Waals surface area contributed by atoms with E-state index in [1.54, 1.807) is 0 Å². The highest BCUT2D eigenvalue weighted by molar-refractivity contribution is 7.88. The predicted octanol–water partition coefficient (Wildman–Crippen LogP) is 1.69. The highest BCUT2D eigenvalue weighted by Gasteiger charge is 2.22. The molecule has 0 aliphatic carbocycles. The number of rotatable bonds is 6. The van der Waals surface area contributed by atoms with Gasteiger partial charge in [0.15, 0.2) is 0 Å². The molecule has 7 heteroatoms. The maximum atomic E-state index is 11.9. The van der Waals surface area contributed by atoms with Crippen LogP contribution in [0.4, 0.5) is 0 Å². The lowest BCUT2D eigenvalue weighted by Gasteiger charge is -2.16. The Hall–Kier alpha value is -1.60. The molecule has 0 saturated heterocycles. The minimum atomic E-state index is -3.26. The first-order chi connectivity index (χ1) is 11.3. The molecule has 6 nitrogen and oxygen atoms in total. The molecule has 1 unspecified atom stereocenters. The summed E-state index contributed by atoms with van der Waals surface area (Å²) in [5.41, 5.74) is 1.85. The van der Waals surface area contributed by atoms with Crippen LogP contribution in [0.1, 0.15) is 37.8 Å². The van der Waals surface area contributed by atoms with E-state index in [9.17, 15) is 13.2 Å². The second-order valence-corrected chi connectivity index (χ2v) is 8.25. The van der Waals surface area contributed by atoms with Crippen LogP contribution >= 0.6 is 0 Å². The fourth-order valence-corrected chi connectivity index (χ4v) is 3.35. The van der Waals surface area contributed by atoms with Crippen LogP contribution in [0.5, 0.6) is 5.75 Å². The molecule has 0 fully saturated rings. The number of aryl methyl sites for hydroxylation is 1. The quantitative estimate of drug-likeness (QED) is 0.843. The number of benzene rings is 1. The maximum absolute atomic E-state index is 11.9. The van der Waals surface area contributed by atoms with E-state index in [2.05, 4.69) is 5.32 Å². The van der Waals surface area contributed by atoms with E-state index in [1.165, 1.54) is 10.6 Å². The molecule has 24 heavy (non-hydrogen) atoms. The molecule has 1 heterocycles. The fraction of sp³-hybridized carbons (Fsp3) is 0.588. The topological polar surface area (TPSA) is 75.7 Å². The second-order valence-electron chi connectivity index (χ2n) is 6.26. The Morgan fingerprint density at radius 1 is 1.42 bits per heavy atom. The van der Waals surface area contributed by atoms with Crippen molar-refractivity contribution < 1.29 is 17.9 Å². The third-order valence-corrected chi connectivity index (χ3v) is 5.45. The van der Waals surface area contributed by atoms with Gasteiger partial charge in [-0.1, -0.05) is 19.1 Å². The number of hydrogen-bond donors (Lipinski definition) is 1. The molecule has 0 aromatic heterocycles. The van der Waals surface area contributed by atoms with Crippen molar-refractivity contribution in [2.24, 2.45) is 0 Å². The van der Waals surface area contributed by atoms with E-state index in [1.807, 2.05) is 32.0 Å². The fourth-order valence-electron chi connectivity index (χ4n) is 2.57. The Morgan fingerprint density at radius 3 is 2.83 bits per heavy atom.